The number of aromatic hydroxyl groups is 1. The number of aliphatic hydroxyl groups excluding tert-OH is 1. The number of fused-ring (bicyclic) bond motifs is 3. The molecule has 0 saturated heterocycles. The van der Waals surface area contributed by atoms with E-state index >= 15 is 0 Å². The standard InChI is InChI=1S/C37H40ClN3O8/c1-41(2)31-25-16-20-15-24-22(23-14-19(6-11-27(23)49-3)17-40-13-12-18-4-7-21(38)8-5-18)9-10-26(42)29(24)32(43)28(20)34(45)37(25,48)35(46)30(33(31)44)36(39)47/h4-11,14,20,25,28,30-31,33,40,42,44,48H,12-13,15-17H2,1-3H3,(H2,39,47)/t20-,25-,28?,30?,31-,33?,37-/m1/s1. The molecule has 0 spiro atoms. The van der Waals surface area contributed by atoms with Gasteiger partial charge in [-0.3, -0.25) is 19.2 Å². The highest BCUT2D eigenvalue weighted by molar-refractivity contribution is 6.30. The molecule has 6 N–H and O–H groups in total. The van der Waals surface area contributed by atoms with Crippen LogP contribution in [0, 0.1) is 23.7 Å². The van der Waals surface area contributed by atoms with Gasteiger partial charge in [0.1, 0.15) is 17.4 Å². The molecule has 0 aliphatic heterocycles. The number of Topliss-reactive ketones (excluding diaryl/α,β-unsaturated/α-hetero) is 3. The molecule has 3 aliphatic carbocycles. The number of amides is 1. The molecule has 3 unspecified atom stereocenters. The Morgan fingerprint density at radius 2 is 1.73 bits per heavy atom. The number of halogens is 1. The van der Waals surface area contributed by atoms with Gasteiger partial charge in [-0.1, -0.05) is 35.9 Å². The van der Waals surface area contributed by atoms with Crippen LogP contribution in [0.5, 0.6) is 11.5 Å². The molecule has 12 heteroatoms. The Bertz CT molecular complexity index is 1830. The number of nitrogens with one attached hydrogen (secondary N) is 1. The monoisotopic (exact) mass is 689 g/mol. The zero-order valence-corrected chi connectivity index (χ0v) is 28.2. The Morgan fingerprint density at radius 3 is 2.39 bits per heavy atom. The van der Waals surface area contributed by atoms with Gasteiger partial charge in [0.2, 0.25) is 5.91 Å². The predicted octanol–water partition coefficient (Wildman–Crippen LogP) is 2.32. The fraction of sp³-hybridized carbons (Fsp3) is 0.405. The van der Waals surface area contributed by atoms with Crippen LogP contribution in [0.2, 0.25) is 5.02 Å². The van der Waals surface area contributed by atoms with Gasteiger partial charge >= 0.3 is 0 Å². The summed E-state index contributed by atoms with van der Waals surface area (Å²) < 4.78 is 5.72. The van der Waals surface area contributed by atoms with Crippen molar-refractivity contribution >= 4 is 34.9 Å². The molecule has 0 aromatic heterocycles. The average molecular weight is 690 g/mol. The smallest absolute Gasteiger partial charge is 0.230 e. The van der Waals surface area contributed by atoms with E-state index in [1.165, 1.54) is 6.07 Å². The van der Waals surface area contributed by atoms with E-state index in [4.69, 9.17) is 22.1 Å². The lowest BCUT2D eigenvalue weighted by molar-refractivity contribution is -0.190. The molecular weight excluding hydrogens is 650 g/mol. The number of benzene rings is 3. The van der Waals surface area contributed by atoms with Crippen molar-refractivity contribution in [1.29, 1.82) is 0 Å². The number of carbonyl (C=O) groups excluding carboxylic acids is 4. The minimum Gasteiger partial charge on any atom is -0.507 e. The summed E-state index contributed by atoms with van der Waals surface area (Å²) in [6.07, 6.45) is -0.554. The third-order valence-corrected chi connectivity index (χ3v) is 10.8. The quantitative estimate of drug-likeness (QED) is 0.165. The molecule has 0 bridgehead atoms. The SMILES string of the molecule is COc1ccc(CNCCc2ccc(Cl)cc2)cc1-c1ccc(O)c2c1C[C@@H]1C[C@@H]3[C@@H](N(C)C)C(O)C(C(N)=O)C(=O)[C@]3(O)C(=O)C1C2=O. The highest BCUT2D eigenvalue weighted by Crippen LogP contribution is 2.52. The summed E-state index contributed by atoms with van der Waals surface area (Å²) >= 11 is 6.00. The molecule has 1 amide bonds. The maximum atomic E-state index is 14.2. The maximum absolute atomic E-state index is 14.2. The highest BCUT2D eigenvalue weighted by atomic mass is 35.5. The number of hydrogen-bond donors (Lipinski definition) is 5. The molecule has 49 heavy (non-hydrogen) atoms. The zero-order chi connectivity index (χ0) is 35.4. The van der Waals surface area contributed by atoms with E-state index in [-0.39, 0.29) is 24.2 Å². The minimum atomic E-state index is -2.71. The van der Waals surface area contributed by atoms with Gasteiger partial charge in [0.25, 0.3) is 0 Å². The third kappa shape index (κ3) is 5.83. The van der Waals surface area contributed by atoms with Crippen LogP contribution in [0.1, 0.15) is 33.5 Å². The number of ketones is 3. The molecule has 258 valence electrons. The number of carbonyl (C=O) groups is 4. The summed E-state index contributed by atoms with van der Waals surface area (Å²) in [6.45, 7) is 1.28. The fourth-order valence-electron chi connectivity index (χ4n) is 8.27. The summed E-state index contributed by atoms with van der Waals surface area (Å²) in [6, 6.07) is 15.6. The number of rotatable bonds is 9. The highest BCUT2D eigenvalue weighted by Gasteiger charge is 2.69. The summed E-state index contributed by atoms with van der Waals surface area (Å²) in [7, 11) is 4.77. The minimum absolute atomic E-state index is 0.0268. The van der Waals surface area contributed by atoms with Crippen molar-refractivity contribution in [3.63, 3.8) is 0 Å². The van der Waals surface area contributed by atoms with Crippen molar-refractivity contribution in [3.8, 4) is 22.6 Å². The predicted molar refractivity (Wildman–Crippen MR) is 181 cm³/mol. The van der Waals surface area contributed by atoms with Crippen LogP contribution in [0.4, 0.5) is 0 Å². The van der Waals surface area contributed by atoms with E-state index in [0.717, 1.165) is 24.1 Å². The summed E-state index contributed by atoms with van der Waals surface area (Å²) in [4.78, 5) is 55.8. The van der Waals surface area contributed by atoms with Gasteiger partial charge in [-0.2, -0.15) is 0 Å². The Balaban J connectivity index is 1.34. The van der Waals surface area contributed by atoms with Gasteiger partial charge < -0.3 is 36.0 Å². The number of likely N-dealkylation sites (N-methyl/N-ethyl adjacent to an activating group) is 1. The molecule has 3 aliphatic rings. The topological polar surface area (TPSA) is 179 Å². The van der Waals surface area contributed by atoms with Crippen molar-refractivity contribution in [2.75, 3.05) is 27.7 Å². The second kappa shape index (κ2) is 13.3. The van der Waals surface area contributed by atoms with Crippen LogP contribution in [0.3, 0.4) is 0 Å². The number of ether oxygens (including phenoxy) is 1. The van der Waals surface area contributed by atoms with Gasteiger partial charge in [-0.05, 0) is 98.4 Å². The second-order valence-corrected chi connectivity index (χ2v) is 14.0. The van der Waals surface area contributed by atoms with Crippen LogP contribution < -0.4 is 15.8 Å². The normalized spacial score (nSPS) is 27.8. The van der Waals surface area contributed by atoms with E-state index in [1.807, 2.05) is 42.5 Å². The molecule has 6 rings (SSSR count). The molecular formula is C37H40ClN3O8. The number of methoxy groups -OCH3 is 1. The molecule has 3 aromatic rings. The lowest BCUT2D eigenvalue weighted by Gasteiger charge is -2.54. The summed E-state index contributed by atoms with van der Waals surface area (Å²) in [5, 5.41) is 38.1. The second-order valence-electron chi connectivity index (χ2n) is 13.5. The van der Waals surface area contributed by atoms with Crippen LogP contribution >= 0.6 is 11.6 Å². The van der Waals surface area contributed by atoms with E-state index in [0.29, 0.717) is 34.0 Å². The van der Waals surface area contributed by atoms with E-state index < -0.39 is 64.7 Å². The molecule has 3 aromatic carbocycles. The van der Waals surface area contributed by atoms with Gasteiger partial charge in [0, 0.05) is 29.1 Å². The Labute approximate surface area is 289 Å². The van der Waals surface area contributed by atoms with Gasteiger partial charge in [-0.15, -0.1) is 0 Å². The number of aliphatic hydroxyl groups is 2. The van der Waals surface area contributed by atoms with E-state index in [1.54, 1.807) is 32.2 Å². The van der Waals surface area contributed by atoms with Crippen LogP contribution in [0.15, 0.2) is 54.6 Å². The van der Waals surface area contributed by atoms with E-state index in [2.05, 4.69) is 5.32 Å². The van der Waals surface area contributed by atoms with Crippen molar-refractivity contribution < 1.29 is 39.2 Å². The number of hydrogen-bond acceptors (Lipinski definition) is 10. The number of phenols is 1. The first kappa shape index (κ1) is 34.7. The van der Waals surface area contributed by atoms with Crippen LogP contribution in [0.25, 0.3) is 11.1 Å². The molecule has 2 saturated carbocycles. The lowest BCUT2D eigenvalue weighted by atomic mass is 9.52. The fourth-order valence-corrected chi connectivity index (χ4v) is 8.39. The summed E-state index contributed by atoms with van der Waals surface area (Å²) in [5.74, 6) is -8.92. The number of nitrogens with zero attached hydrogens (tertiary/aromatic N) is 1. The van der Waals surface area contributed by atoms with Crippen molar-refractivity contribution in [2.24, 2.45) is 29.4 Å². The Hall–Kier alpha value is -4.13. The molecule has 7 atom stereocenters. The van der Waals surface area contributed by atoms with Gasteiger partial charge in [0.05, 0.1) is 24.7 Å². The number of primary amides is 1. The molecule has 0 heterocycles. The largest absolute Gasteiger partial charge is 0.507 e. The third-order valence-electron chi connectivity index (χ3n) is 10.6. The van der Waals surface area contributed by atoms with Crippen molar-refractivity contribution in [2.45, 2.75) is 43.6 Å². The molecule has 0 radical (unpaired) electrons. The first-order chi connectivity index (χ1) is 23.3. The first-order valence-corrected chi connectivity index (χ1v) is 16.6. The Kier molecular flexibility index (Phi) is 9.42. The summed E-state index contributed by atoms with van der Waals surface area (Å²) in [5.41, 5.74) is 6.67. The Morgan fingerprint density at radius 1 is 1.04 bits per heavy atom. The van der Waals surface area contributed by atoms with Gasteiger partial charge in [0.15, 0.2) is 23.0 Å². The zero-order valence-electron chi connectivity index (χ0n) is 27.5. The van der Waals surface area contributed by atoms with Gasteiger partial charge in [-0.25, -0.2) is 0 Å². The van der Waals surface area contributed by atoms with E-state index in [9.17, 15) is 34.5 Å². The average Bonchev–Trinajstić information content (AvgIpc) is 3.05. The first-order valence-electron chi connectivity index (χ1n) is 16.3. The van der Waals surface area contributed by atoms with Crippen LogP contribution in [-0.2, 0) is 33.8 Å². The lowest BCUT2D eigenvalue weighted by Crippen LogP contribution is -2.75. The number of nitrogens with two attached hydrogens (primary N) is 1. The molecule has 11 nitrogen and oxygen atoms in total. The van der Waals surface area contributed by atoms with Crippen molar-refractivity contribution in [1.82, 2.24) is 10.2 Å². The molecule has 2 fully saturated rings. The van der Waals surface area contributed by atoms with Crippen molar-refractivity contribution in [3.05, 3.63) is 81.9 Å². The van der Waals surface area contributed by atoms with Crippen LogP contribution in [-0.4, -0.2) is 89.0 Å². The maximum Gasteiger partial charge on any atom is 0.230 e. The number of phenolic OH excluding ortho intramolecular Hbond substituents is 1.